The first-order valence-electron chi connectivity index (χ1n) is 10.1. The second kappa shape index (κ2) is 10.8. The van der Waals surface area contributed by atoms with E-state index in [1.165, 1.54) is 0 Å². The molecule has 3 rings (SSSR count). The van der Waals surface area contributed by atoms with Crippen molar-refractivity contribution in [3.8, 4) is 11.5 Å². The molecule has 0 fully saturated rings. The molecule has 0 saturated carbocycles. The molecule has 3 aromatic carbocycles. The Hall–Kier alpha value is -3.80. The molecule has 0 unspecified atom stereocenters. The van der Waals surface area contributed by atoms with Crippen LogP contribution in [0, 0.1) is 0 Å². The number of hydrogen-bond donors (Lipinski definition) is 2. The van der Waals surface area contributed by atoms with Gasteiger partial charge >= 0.3 is 0 Å². The molecule has 0 heterocycles. The van der Waals surface area contributed by atoms with Gasteiger partial charge in [0.2, 0.25) is 0 Å². The first-order valence-corrected chi connectivity index (χ1v) is 10.1. The number of ether oxygens (including phenoxy) is 2. The van der Waals surface area contributed by atoms with E-state index in [4.69, 9.17) is 9.47 Å². The number of amides is 2. The van der Waals surface area contributed by atoms with Crippen molar-refractivity contribution in [3.05, 3.63) is 90.0 Å². The molecule has 31 heavy (non-hydrogen) atoms. The van der Waals surface area contributed by atoms with Gasteiger partial charge in [-0.15, -0.1) is 0 Å². The Morgan fingerprint density at radius 2 is 1.61 bits per heavy atom. The summed E-state index contributed by atoms with van der Waals surface area (Å²) in [6.07, 6.45) is -0.0340. The number of benzene rings is 3. The van der Waals surface area contributed by atoms with Gasteiger partial charge < -0.3 is 20.1 Å². The third-order valence-electron chi connectivity index (χ3n) is 4.69. The topological polar surface area (TPSA) is 76.7 Å². The van der Waals surface area contributed by atoms with E-state index in [2.05, 4.69) is 10.6 Å². The predicted molar refractivity (Wildman–Crippen MR) is 121 cm³/mol. The lowest BCUT2D eigenvalue weighted by Gasteiger charge is -2.17. The fourth-order valence-electron chi connectivity index (χ4n) is 3.02. The molecule has 1 atom stereocenters. The number of methoxy groups -OCH3 is 1. The molecule has 2 N–H and O–H groups in total. The number of carbonyl (C=O) groups is 2. The number of anilines is 1. The third-order valence-corrected chi connectivity index (χ3v) is 4.69. The highest BCUT2D eigenvalue weighted by Crippen LogP contribution is 2.21. The number of rotatable bonds is 9. The van der Waals surface area contributed by atoms with Gasteiger partial charge in [0.05, 0.1) is 18.4 Å². The van der Waals surface area contributed by atoms with E-state index in [-0.39, 0.29) is 11.8 Å². The fourth-order valence-corrected chi connectivity index (χ4v) is 3.02. The molecular formula is C25H26N2O4. The van der Waals surface area contributed by atoms with Crippen LogP contribution < -0.4 is 20.1 Å². The van der Waals surface area contributed by atoms with Crippen LogP contribution in [0.3, 0.4) is 0 Å². The minimum Gasteiger partial charge on any atom is -0.497 e. The van der Waals surface area contributed by atoms with Crippen LogP contribution in [0.25, 0.3) is 0 Å². The smallest absolute Gasteiger partial charge is 0.265 e. The van der Waals surface area contributed by atoms with E-state index < -0.39 is 6.10 Å². The molecule has 2 amide bonds. The molecule has 0 aliphatic heterocycles. The zero-order valence-corrected chi connectivity index (χ0v) is 17.6. The first kappa shape index (κ1) is 21.9. The van der Waals surface area contributed by atoms with Crippen molar-refractivity contribution in [3.63, 3.8) is 0 Å². The Morgan fingerprint density at radius 3 is 2.39 bits per heavy atom. The zero-order chi connectivity index (χ0) is 22.1. The van der Waals surface area contributed by atoms with Crippen LogP contribution in [-0.2, 0) is 11.2 Å². The highest BCUT2D eigenvalue weighted by Gasteiger charge is 2.18. The molecule has 6 heteroatoms. The van der Waals surface area contributed by atoms with Crippen molar-refractivity contribution in [1.29, 1.82) is 0 Å². The third kappa shape index (κ3) is 6.34. The summed E-state index contributed by atoms with van der Waals surface area (Å²) in [6.45, 7) is 2.15. The SMILES string of the molecule is COc1cccc(O[C@H](C)C(=O)Nc2ccccc2C(=O)NCCc2ccccc2)c1. The van der Waals surface area contributed by atoms with Crippen LogP contribution in [0.2, 0.25) is 0 Å². The van der Waals surface area contributed by atoms with Crippen LogP contribution in [0.15, 0.2) is 78.9 Å². The number of carbonyl (C=O) groups excluding carboxylic acids is 2. The molecule has 0 aliphatic rings. The summed E-state index contributed by atoms with van der Waals surface area (Å²) in [7, 11) is 1.57. The van der Waals surface area contributed by atoms with Gasteiger partial charge in [-0.1, -0.05) is 48.5 Å². The molecule has 0 spiro atoms. The van der Waals surface area contributed by atoms with Crippen molar-refractivity contribution in [2.24, 2.45) is 0 Å². The minimum atomic E-state index is -0.763. The van der Waals surface area contributed by atoms with E-state index in [0.29, 0.717) is 29.3 Å². The summed E-state index contributed by atoms with van der Waals surface area (Å²) >= 11 is 0. The van der Waals surface area contributed by atoms with Gasteiger partial charge in [0.25, 0.3) is 11.8 Å². The standard InChI is InChI=1S/C25H26N2O4/c1-18(31-21-12-8-11-20(17-21)30-2)24(28)27-23-14-7-6-13-22(23)25(29)26-16-15-19-9-4-3-5-10-19/h3-14,17-18H,15-16H2,1-2H3,(H,26,29)(H,27,28)/t18-/m1/s1. The van der Waals surface area contributed by atoms with E-state index in [9.17, 15) is 9.59 Å². The van der Waals surface area contributed by atoms with Crippen LogP contribution in [-0.4, -0.2) is 31.6 Å². The highest BCUT2D eigenvalue weighted by molar-refractivity contribution is 6.04. The lowest BCUT2D eigenvalue weighted by atomic mass is 10.1. The lowest BCUT2D eigenvalue weighted by molar-refractivity contribution is -0.122. The van der Waals surface area contributed by atoms with Crippen LogP contribution in [0.4, 0.5) is 5.69 Å². The molecule has 0 saturated heterocycles. The Morgan fingerprint density at radius 1 is 0.903 bits per heavy atom. The quantitative estimate of drug-likeness (QED) is 0.549. The van der Waals surface area contributed by atoms with Crippen LogP contribution in [0.1, 0.15) is 22.8 Å². The molecule has 0 aliphatic carbocycles. The van der Waals surface area contributed by atoms with Crippen LogP contribution in [0.5, 0.6) is 11.5 Å². The van der Waals surface area contributed by atoms with Gasteiger partial charge in [0, 0.05) is 12.6 Å². The molecule has 0 radical (unpaired) electrons. The van der Waals surface area contributed by atoms with Gasteiger partial charge in [0.15, 0.2) is 6.10 Å². The lowest BCUT2D eigenvalue weighted by Crippen LogP contribution is -2.32. The van der Waals surface area contributed by atoms with Gasteiger partial charge in [0.1, 0.15) is 11.5 Å². The Labute approximate surface area is 182 Å². The summed E-state index contributed by atoms with van der Waals surface area (Å²) in [5, 5.41) is 5.70. The molecule has 0 bridgehead atoms. The summed E-state index contributed by atoms with van der Waals surface area (Å²) in [5.41, 5.74) is 1.98. The van der Waals surface area contributed by atoms with Gasteiger partial charge in [-0.25, -0.2) is 0 Å². The average molecular weight is 418 g/mol. The fraction of sp³-hybridized carbons (Fsp3) is 0.200. The van der Waals surface area contributed by atoms with Crippen molar-refractivity contribution < 1.29 is 19.1 Å². The predicted octanol–water partition coefficient (Wildman–Crippen LogP) is 4.07. The second-order valence-corrected chi connectivity index (χ2v) is 6.97. The Balaban J connectivity index is 1.59. The van der Waals surface area contributed by atoms with E-state index in [0.717, 1.165) is 12.0 Å². The maximum absolute atomic E-state index is 12.7. The van der Waals surface area contributed by atoms with Crippen molar-refractivity contribution in [2.75, 3.05) is 19.0 Å². The molecule has 6 nitrogen and oxygen atoms in total. The molecule has 0 aromatic heterocycles. The summed E-state index contributed by atoms with van der Waals surface area (Å²) in [4.78, 5) is 25.3. The largest absolute Gasteiger partial charge is 0.497 e. The van der Waals surface area contributed by atoms with E-state index in [1.807, 2.05) is 30.3 Å². The van der Waals surface area contributed by atoms with Crippen molar-refractivity contribution >= 4 is 17.5 Å². The van der Waals surface area contributed by atoms with Crippen molar-refractivity contribution in [1.82, 2.24) is 5.32 Å². The average Bonchev–Trinajstić information content (AvgIpc) is 2.80. The van der Waals surface area contributed by atoms with Crippen molar-refractivity contribution in [2.45, 2.75) is 19.4 Å². The van der Waals surface area contributed by atoms with Gasteiger partial charge in [-0.2, -0.15) is 0 Å². The van der Waals surface area contributed by atoms with Crippen LogP contribution >= 0.6 is 0 Å². The first-order chi connectivity index (χ1) is 15.1. The number of para-hydroxylation sites is 1. The highest BCUT2D eigenvalue weighted by atomic mass is 16.5. The monoisotopic (exact) mass is 418 g/mol. The molecular weight excluding hydrogens is 392 g/mol. The maximum Gasteiger partial charge on any atom is 0.265 e. The zero-order valence-electron chi connectivity index (χ0n) is 17.6. The minimum absolute atomic E-state index is 0.242. The number of nitrogens with one attached hydrogen (secondary N) is 2. The summed E-state index contributed by atoms with van der Waals surface area (Å²) < 4.78 is 10.9. The van der Waals surface area contributed by atoms with Gasteiger partial charge in [-0.05, 0) is 43.2 Å². The summed E-state index contributed by atoms with van der Waals surface area (Å²) in [5.74, 6) is 0.567. The van der Waals surface area contributed by atoms with Gasteiger partial charge in [-0.3, -0.25) is 9.59 Å². The second-order valence-electron chi connectivity index (χ2n) is 6.97. The normalized spacial score (nSPS) is 11.3. The Kier molecular flexibility index (Phi) is 7.65. The van der Waals surface area contributed by atoms with E-state index >= 15 is 0 Å². The van der Waals surface area contributed by atoms with E-state index in [1.54, 1.807) is 62.6 Å². The summed E-state index contributed by atoms with van der Waals surface area (Å²) in [6, 6.07) is 23.9. The molecule has 3 aromatic rings. The Bertz CT molecular complexity index is 1020. The molecule has 160 valence electrons. The number of hydrogen-bond acceptors (Lipinski definition) is 4. The maximum atomic E-state index is 12.7.